The number of ether oxygens (including phenoxy) is 1. The molecule has 0 spiro atoms. The fraction of sp³-hybridized carbons (Fsp3) is 0.357. The number of hydrogen-bond acceptors (Lipinski definition) is 2. The largest absolute Gasteiger partial charge is 0.370 e. The number of halogens is 1. The lowest BCUT2D eigenvalue weighted by Crippen LogP contribution is -2.29. The summed E-state index contributed by atoms with van der Waals surface area (Å²) in [5, 5.41) is 4.60. The molecule has 0 aliphatic carbocycles. The molecule has 1 aliphatic heterocycles. The first-order chi connectivity index (χ1) is 8.65. The molecule has 2 atom stereocenters. The smallest absolute Gasteiger partial charge is 0.123 e. The summed E-state index contributed by atoms with van der Waals surface area (Å²) in [5.74, 6) is -0.229. The second kappa shape index (κ2) is 4.21. The van der Waals surface area contributed by atoms with Crippen LogP contribution in [0.1, 0.15) is 25.6 Å². The van der Waals surface area contributed by atoms with E-state index in [0.717, 1.165) is 17.0 Å². The molecule has 2 aromatic rings. The Morgan fingerprint density at radius 2 is 2.00 bits per heavy atom. The van der Waals surface area contributed by atoms with E-state index in [1.807, 2.05) is 17.7 Å². The van der Waals surface area contributed by atoms with Crippen molar-refractivity contribution in [2.45, 2.75) is 32.6 Å². The average Bonchev–Trinajstić information content (AvgIpc) is 2.80. The molecule has 18 heavy (non-hydrogen) atoms. The van der Waals surface area contributed by atoms with Gasteiger partial charge in [0.15, 0.2) is 0 Å². The van der Waals surface area contributed by atoms with Gasteiger partial charge in [-0.2, -0.15) is 5.10 Å². The number of nitrogens with zero attached hydrogens (tertiary/aromatic N) is 2. The van der Waals surface area contributed by atoms with Crippen LogP contribution in [-0.2, 0) is 11.3 Å². The van der Waals surface area contributed by atoms with Crippen LogP contribution in [0, 0.1) is 5.82 Å². The van der Waals surface area contributed by atoms with Crippen molar-refractivity contribution < 1.29 is 9.13 Å². The molecule has 0 saturated heterocycles. The Morgan fingerprint density at radius 3 is 2.72 bits per heavy atom. The van der Waals surface area contributed by atoms with Crippen molar-refractivity contribution in [1.82, 2.24) is 9.78 Å². The molecule has 0 amide bonds. The van der Waals surface area contributed by atoms with Crippen LogP contribution >= 0.6 is 0 Å². The Morgan fingerprint density at radius 1 is 1.28 bits per heavy atom. The van der Waals surface area contributed by atoms with Crippen LogP contribution in [-0.4, -0.2) is 15.9 Å². The van der Waals surface area contributed by atoms with Gasteiger partial charge in [0.25, 0.3) is 0 Å². The molecular weight excluding hydrogens is 231 g/mol. The highest BCUT2D eigenvalue weighted by Crippen LogP contribution is 2.27. The first-order valence-electron chi connectivity index (χ1n) is 6.11. The molecule has 4 heteroatoms. The highest BCUT2D eigenvalue weighted by atomic mass is 19.1. The number of rotatable bonds is 1. The molecule has 0 bridgehead atoms. The third-order valence-electron chi connectivity index (χ3n) is 3.51. The maximum Gasteiger partial charge on any atom is 0.123 e. The van der Waals surface area contributed by atoms with Crippen LogP contribution in [0.25, 0.3) is 11.3 Å². The molecule has 1 aromatic heterocycles. The lowest BCUT2D eigenvalue weighted by Gasteiger charge is -2.27. The molecule has 94 valence electrons. The summed E-state index contributed by atoms with van der Waals surface area (Å²) in [6.07, 6.45) is 0.165. The van der Waals surface area contributed by atoms with E-state index in [1.165, 1.54) is 12.1 Å². The molecule has 0 radical (unpaired) electrons. The zero-order chi connectivity index (χ0) is 12.7. The predicted molar refractivity (Wildman–Crippen MR) is 66.6 cm³/mol. The number of hydrogen-bond donors (Lipinski definition) is 0. The van der Waals surface area contributed by atoms with E-state index >= 15 is 0 Å². The van der Waals surface area contributed by atoms with E-state index in [1.54, 1.807) is 12.1 Å². The Hall–Kier alpha value is -1.68. The zero-order valence-electron chi connectivity index (χ0n) is 10.4. The van der Waals surface area contributed by atoms with E-state index in [0.29, 0.717) is 6.61 Å². The topological polar surface area (TPSA) is 27.1 Å². The molecule has 2 unspecified atom stereocenters. The minimum Gasteiger partial charge on any atom is -0.370 e. The van der Waals surface area contributed by atoms with E-state index < -0.39 is 0 Å². The third kappa shape index (κ3) is 1.82. The SMILES string of the molecule is CC1OCc2cc(-c3ccc(F)cc3)nn2C1C. The predicted octanol–water partition coefficient (Wildman–Crippen LogP) is 3.17. The normalized spacial score (nSPS) is 22.8. The fourth-order valence-corrected chi connectivity index (χ4v) is 2.21. The lowest BCUT2D eigenvalue weighted by molar-refractivity contribution is -0.0104. The fourth-order valence-electron chi connectivity index (χ4n) is 2.21. The van der Waals surface area contributed by atoms with Crippen molar-refractivity contribution >= 4 is 0 Å². The number of aromatic nitrogens is 2. The Balaban J connectivity index is 2.00. The Labute approximate surface area is 105 Å². The van der Waals surface area contributed by atoms with Crippen molar-refractivity contribution in [2.24, 2.45) is 0 Å². The van der Waals surface area contributed by atoms with Gasteiger partial charge in [-0.1, -0.05) is 0 Å². The molecule has 1 aromatic carbocycles. The van der Waals surface area contributed by atoms with Gasteiger partial charge in [-0.25, -0.2) is 4.39 Å². The maximum atomic E-state index is 12.9. The van der Waals surface area contributed by atoms with Crippen LogP contribution < -0.4 is 0 Å². The first kappa shape index (κ1) is 11.4. The van der Waals surface area contributed by atoms with Gasteiger partial charge in [-0.05, 0) is 44.2 Å². The minimum absolute atomic E-state index is 0.165. The van der Waals surface area contributed by atoms with Gasteiger partial charge in [0.2, 0.25) is 0 Å². The van der Waals surface area contributed by atoms with Gasteiger partial charge in [0, 0.05) is 5.56 Å². The van der Waals surface area contributed by atoms with Gasteiger partial charge in [-0.15, -0.1) is 0 Å². The van der Waals surface area contributed by atoms with Gasteiger partial charge in [-0.3, -0.25) is 4.68 Å². The second-order valence-electron chi connectivity index (χ2n) is 4.73. The monoisotopic (exact) mass is 246 g/mol. The Bertz CT molecular complexity index is 562. The van der Waals surface area contributed by atoms with Crippen LogP contribution in [0.15, 0.2) is 30.3 Å². The number of benzene rings is 1. The van der Waals surface area contributed by atoms with Crippen LogP contribution in [0.5, 0.6) is 0 Å². The molecule has 3 nitrogen and oxygen atoms in total. The summed E-state index contributed by atoms with van der Waals surface area (Å²) in [4.78, 5) is 0. The first-order valence-corrected chi connectivity index (χ1v) is 6.11. The zero-order valence-corrected chi connectivity index (χ0v) is 10.4. The van der Waals surface area contributed by atoms with Crippen LogP contribution in [0.3, 0.4) is 0 Å². The van der Waals surface area contributed by atoms with Crippen LogP contribution in [0.2, 0.25) is 0 Å². The summed E-state index contributed by atoms with van der Waals surface area (Å²) in [6, 6.07) is 8.64. The summed E-state index contributed by atoms with van der Waals surface area (Å²) in [7, 11) is 0. The van der Waals surface area contributed by atoms with E-state index in [-0.39, 0.29) is 18.0 Å². The lowest BCUT2D eigenvalue weighted by atomic mass is 10.1. The summed E-state index contributed by atoms with van der Waals surface area (Å²) >= 11 is 0. The van der Waals surface area contributed by atoms with E-state index in [4.69, 9.17) is 4.74 Å². The van der Waals surface area contributed by atoms with Crippen molar-refractivity contribution in [3.05, 3.63) is 41.8 Å². The van der Waals surface area contributed by atoms with E-state index in [9.17, 15) is 4.39 Å². The second-order valence-corrected chi connectivity index (χ2v) is 4.73. The summed E-state index contributed by atoms with van der Waals surface area (Å²) in [5.41, 5.74) is 2.87. The molecule has 0 saturated carbocycles. The van der Waals surface area contributed by atoms with Crippen molar-refractivity contribution in [1.29, 1.82) is 0 Å². The highest BCUT2D eigenvalue weighted by Gasteiger charge is 2.25. The van der Waals surface area contributed by atoms with Crippen molar-refractivity contribution in [2.75, 3.05) is 0 Å². The number of fused-ring (bicyclic) bond motifs is 1. The molecule has 0 fully saturated rings. The Kier molecular flexibility index (Phi) is 2.67. The molecule has 3 rings (SSSR count). The van der Waals surface area contributed by atoms with Crippen molar-refractivity contribution in [3.63, 3.8) is 0 Å². The van der Waals surface area contributed by atoms with Crippen LogP contribution in [0.4, 0.5) is 4.39 Å². The molecule has 0 N–H and O–H groups in total. The van der Waals surface area contributed by atoms with Crippen molar-refractivity contribution in [3.8, 4) is 11.3 Å². The molecular formula is C14H15FN2O. The van der Waals surface area contributed by atoms with Gasteiger partial charge in [0.1, 0.15) is 5.82 Å². The van der Waals surface area contributed by atoms with Gasteiger partial charge < -0.3 is 4.74 Å². The van der Waals surface area contributed by atoms with Gasteiger partial charge in [0.05, 0.1) is 30.1 Å². The highest BCUT2D eigenvalue weighted by molar-refractivity contribution is 5.59. The minimum atomic E-state index is -0.229. The van der Waals surface area contributed by atoms with Gasteiger partial charge >= 0.3 is 0 Å². The molecule has 1 aliphatic rings. The quantitative estimate of drug-likeness (QED) is 0.772. The van der Waals surface area contributed by atoms with E-state index in [2.05, 4.69) is 12.0 Å². The molecule has 2 heterocycles. The average molecular weight is 246 g/mol. The third-order valence-corrected chi connectivity index (χ3v) is 3.51. The summed E-state index contributed by atoms with van der Waals surface area (Å²) < 4.78 is 20.6. The summed E-state index contributed by atoms with van der Waals surface area (Å²) in [6.45, 7) is 4.72. The standard InChI is InChI=1S/C14H15FN2O/c1-9-10(2)18-8-13-7-14(16-17(9)13)11-3-5-12(15)6-4-11/h3-7,9-10H,8H2,1-2H3. The maximum absolute atomic E-state index is 12.9.